The van der Waals surface area contributed by atoms with Crippen molar-refractivity contribution in [1.82, 2.24) is 9.89 Å². The van der Waals surface area contributed by atoms with Gasteiger partial charge in [0.25, 0.3) is 0 Å². The quantitative estimate of drug-likeness (QED) is 0.00733. The number of thiocarbonyl (C=S) groups is 1. The van der Waals surface area contributed by atoms with E-state index in [0.29, 0.717) is 112 Å². The van der Waals surface area contributed by atoms with Gasteiger partial charge in [0, 0.05) is 131 Å². The average molecular weight is 1730 g/mol. The number of aromatic carboxylic acids is 1. The highest BCUT2D eigenvalue weighted by Crippen LogP contribution is 2.59. The number of quaternary nitrogens is 1. The molecule has 0 unspecified atom stereocenters. The van der Waals surface area contributed by atoms with Crippen LogP contribution in [0.2, 0.25) is 48.4 Å². The van der Waals surface area contributed by atoms with E-state index in [1.54, 1.807) is 30.3 Å². The summed E-state index contributed by atoms with van der Waals surface area (Å²) < 4.78 is 115. The van der Waals surface area contributed by atoms with Gasteiger partial charge in [0.05, 0.1) is 29.8 Å². The lowest BCUT2D eigenvalue weighted by atomic mass is 9.77. The number of carbonyl (C=O) groups excluding carboxylic acids is 1. The molecule has 8 bridgehead atoms. The molecule has 9 heterocycles. The van der Waals surface area contributed by atoms with Crippen molar-refractivity contribution < 1.29 is 106 Å². The first-order valence-corrected chi connectivity index (χ1v) is 55.6. The third-order valence-electron chi connectivity index (χ3n) is 20.5. The van der Waals surface area contributed by atoms with E-state index < -0.39 is 88.0 Å². The third kappa shape index (κ3) is 17.7. The van der Waals surface area contributed by atoms with Crippen LogP contribution in [0.25, 0.3) is 33.4 Å². The van der Waals surface area contributed by atoms with Gasteiger partial charge in [-0.1, -0.05) is 107 Å². The molecule has 10 aliphatic rings. The Bertz CT molecular complexity index is 4520. The van der Waals surface area contributed by atoms with Crippen LogP contribution in [0.4, 0.5) is 11.4 Å². The molecule has 6 saturated heterocycles. The van der Waals surface area contributed by atoms with E-state index in [1.807, 2.05) is 24.3 Å². The number of hydrogen-bond donors (Lipinski definition) is 6. The van der Waals surface area contributed by atoms with E-state index in [0.717, 1.165) is 65.1 Å². The number of halogens is 1. The van der Waals surface area contributed by atoms with Crippen molar-refractivity contribution in [2.24, 2.45) is 35.5 Å². The number of anilines is 2. The number of hydrogen-bond acceptors (Lipinski definition) is 21. The molecule has 113 heavy (non-hydrogen) atoms. The third-order valence-corrected chi connectivity index (χ3v) is 60.4. The van der Waals surface area contributed by atoms with Crippen LogP contribution in [-0.2, 0) is 59.7 Å². The molecular formula is C78H111ClN5O20SSi8+. The molecule has 0 atom stereocenters. The number of aromatic hydroxyl groups is 2. The second-order valence-electron chi connectivity index (χ2n) is 32.7. The van der Waals surface area contributed by atoms with Crippen LogP contribution in [0, 0.1) is 35.5 Å². The second-order valence-corrected chi connectivity index (χ2v) is 57.3. The van der Waals surface area contributed by atoms with E-state index in [2.05, 4.69) is 173 Å². The Labute approximate surface area is 683 Å². The molecule has 0 aromatic heterocycles. The summed E-state index contributed by atoms with van der Waals surface area (Å²) >= 11 is 5.95. The van der Waals surface area contributed by atoms with Gasteiger partial charge in [0.15, 0.2) is 10.7 Å². The van der Waals surface area contributed by atoms with Gasteiger partial charge in [-0.25, -0.2) is 14.2 Å². The molecule has 5 aromatic rings. The normalized spacial score (nSPS) is 26.2. The summed E-state index contributed by atoms with van der Waals surface area (Å²) in [5, 5.41) is 39.7. The van der Waals surface area contributed by atoms with Gasteiger partial charge in [0.2, 0.25) is 5.36 Å². The van der Waals surface area contributed by atoms with E-state index in [4.69, 9.17) is 75.5 Å². The molecule has 1 aliphatic carbocycles. The first kappa shape index (κ1) is 86.5. The number of ether oxygens (including phenoxy) is 2. The summed E-state index contributed by atoms with van der Waals surface area (Å²) in [5.74, 6) is -0.0354. The molecule has 0 radical (unpaired) electrons. The van der Waals surface area contributed by atoms with Crippen molar-refractivity contribution in [3.8, 4) is 45.4 Å². The lowest BCUT2D eigenvalue weighted by molar-refractivity contribution is -0.363. The molecular weight excluding hydrogens is 1620 g/mol. The second kappa shape index (κ2) is 33.9. The molecule has 612 valence electrons. The first-order chi connectivity index (χ1) is 53.1. The predicted molar refractivity (Wildman–Crippen MR) is 446 cm³/mol. The summed E-state index contributed by atoms with van der Waals surface area (Å²) in [5.41, 5.74) is 10.0. The number of carboxylic acid groups (broad SMARTS) is 1. The highest BCUT2D eigenvalue weighted by Gasteiger charge is 2.83. The van der Waals surface area contributed by atoms with Gasteiger partial charge in [-0.3, -0.25) is 0 Å². The van der Waals surface area contributed by atoms with Crippen molar-refractivity contribution >= 4 is 122 Å². The summed E-state index contributed by atoms with van der Waals surface area (Å²) in [7, 11) is -32.7. The molecule has 15 rings (SSSR count). The molecule has 1 spiro atoms. The number of rotatable bonds is 26. The van der Waals surface area contributed by atoms with Crippen LogP contribution in [0.3, 0.4) is 0 Å². The molecule has 6 fully saturated rings. The van der Waals surface area contributed by atoms with Crippen LogP contribution in [-0.4, -0.2) is 142 Å². The molecule has 25 nitrogen and oxygen atoms in total. The minimum atomic E-state index is -4.22. The Hall–Kier alpha value is -5.87. The smallest absolute Gasteiger partial charge is 0.484 e. The van der Waals surface area contributed by atoms with Crippen LogP contribution in [0.15, 0.2) is 120 Å². The predicted octanol–water partition coefficient (Wildman–Crippen LogP) is 11.9. The van der Waals surface area contributed by atoms with Crippen molar-refractivity contribution in [1.29, 1.82) is 0 Å². The lowest BCUT2D eigenvalue weighted by Gasteiger charge is -2.63. The van der Waals surface area contributed by atoms with Gasteiger partial charge in [-0.05, 0) is 148 Å². The van der Waals surface area contributed by atoms with Crippen LogP contribution < -0.4 is 48.3 Å². The fourth-order valence-electron chi connectivity index (χ4n) is 16.7. The van der Waals surface area contributed by atoms with Crippen molar-refractivity contribution in [3.63, 3.8) is 0 Å². The number of carboxylic acids is 1. The van der Waals surface area contributed by atoms with E-state index in [9.17, 15) is 24.9 Å². The fraction of sp³-hybridized carbons (Fsp3) is 0.487. The van der Waals surface area contributed by atoms with Gasteiger partial charge in [-0.15, -0.1) is 0 Å². The van der Waals surface area contributed by atoms with Crippen LogP contribution in [0.1, 0.15) is 155 Å². The van der Waals surface area contributed by atoms with Crippen LogP contribution >= 0.6 is 12.2 Å². The Morgan fingerprint density at radius 3 is 1.45 bits per heavy atom. The van der Waals surface area contributed by atoms with E-state index in [-0.39, 0.29) is 71.0 Å². The highest BCUT2D eigenvalue weighted by atomic mass is 35.5. The van der Waals surface area contributed by atoms with Crippen molar-refractivity contribution in [2.45, 2.75) is 171 Å². The Balaban J connectivity index is 0.000000290. The number of phenolic OH excluding ortho intramolecular Hbond substituents is 2. The number of carbonyl (C=O) groups is 2. The monoisotopic (exact) mass is 1730 g/mol. The van der Waals surface area contributed by atoms with E-state index in [1.165, 1.54) is 24.3 Å². The minimum Gasteiger partial charge on any atom is -1.00 e. The number of benzene rings is 6. The Morgan fingerprint density at radius 2 is 1.00 bits per heavy atom. The Kier molecular flexibility index (Phi) is 25.9. The average Bonchev–Trinajstić information content (AvgIpc) is 1.52. The highest BCUT2D eigenvalue weighted by molar-refractivity contribution is 7.80. The molecule has 0 saturated carbocycles. The SMILES string of the molecule is CC(C)C[Si]12O[Si]3(CC[NH3+])O[Si]4(CC(C)C)O[Si](CC(C)C)(O[Si]5(CCCNC(=S)Nc6ccc7c(c6)C(=O)OC76c7ccc(O)cc7Oc7cc(O)ccc76)O[Si](CC(C)C)(O1)O[Si](CC(C)C)(O3)O[Si](CC(C)C)(O5)O4)O2.CCN(CC)c1ccc2c(-c3ccccc3C(=O)O)c3ccc(=[N+](CC)CC)cc-3oc2c1.[Cl-]. The molecule has 35 heteroatoms. The van der Waals surface area contributed by atoms with Gasteiger partial charge in [0.1, 0.15) is 47.4 Å². The van der Waals surface area contributed by atoms with Gasteiger partial charge < -0.3 is 112 Å². The topological polar surface area (TPSA) is 295 Å². The zero-order valence-electron chi connectivity index (χ0n) is 67.7. The summed E-state index contributed by atoms with van der Waals surface area (Å²) in [6, 6.07) is 37.2. The standard InChI is InChI=1S/C50H79N3O17SSi8.C28H30N2O3.ClH/c1-33(2)27-74-59-72(22-13-21-52-49(71)53-39-14-17-43-42(24-39)48(56)58-50(43)44-18-15-40(54)25-46(44)57-47-26-41(55)16-19-45(47)50)60-75(28-34(3)4)67-77(65-74,30-36(7)8)62-73(23-20-51)63-78(66-74,31-37(9)10)68-76(61-72,29-35(5)6)70-79(64-73,69-75)32-38(11)12;1-5-29(6-2)19-13-15-23-25(17-19)33-26-18-20(30(7-3)8-4)14-16-24(26)27(23)21-11-9-10-12-22(21)28(31)32;/h14-19,24-26,33-38,54-55H,13,20-23,27-32,51H2,1-12H3,(H2,52,53,71);9-18H,5-8H2,1-4H3;1H/p+1. The van der Waals surface area contributed by atoms with Crippen LogP contribution in [0.5, 0.6) is 23.0 Å². The Morgan fingerprint density at radius 1 is 0.540 bits per heavy atom. The number of nitrogens with one attached hydrogen (secondary N) is 2. The zero-order chi connectivity index (χ0) is 80.3. The summed E-state index contributed by atoms with van der Waals surface area (Å²) in [6.45, 7) is 38.4. The maximum Gasteiger partial charge on any atom is 0.484 e. The molecule has 9 aliphatic heterocycles. The lowest BCUT2D eigenvalue weighted by Crippen LogP contribution is -3.00. The van der Waals surface area contributed by atoms with Gasteiger partial charge in [-0.2, -0.15) is 0 Å². The largest absolute Gasteiger partial charge is 1.00 e. The van der Waals surface area contributed by atoms with Crippen molar-refractivity contribution in [2.75, 3.05) is 49.5 Å². The fourth-order valence-corrected chi connectivity index (χ4v) is 68.2. The molecule has 5 aromatic carbocycles. The number of nitrogens with zero attached hydrogens (tertiary/aromatic N) is 2. The first-order valence-electron chi connectivity index (χ1n) is 39.8. The van der Waals surface area contributed by atoms with Gasteiger partial charge >= 0.3 is 82.4 Å². The molecule has 0 amide bonds. The number of esters is 1. The number of phenols is 2. The maximum atomic E-state index is 14.0. The van der Waals surface area contributed by atoms with E-state index >= 15 is 0 Å². The minimum absolute atomic E-state index is 0. The summed E-state index contributed by atoms with van der Waals surface area (Å²) in [4.78, 5) is 28.3. The molecule has 8 N–H and O–H groups in total. The maximum absolute atomic E-state index is 14.0. The van der Waals surface area contributed by atoms with Crippen molar-refractivity contribution in [3.05, 3.63) is 148 Å². The number of fused-ring (bicyclic) bond motifs is 8. The zero-order valence-corrected chi connectivity index (χ0v) is 77.3. The summed E-state index contributed by atoms with van der Waals surface area (Å²) in [6.07, 6.45) is 0.435.